The summed E-state index contributed by atoms with van der Waals surface area (Å²) < 4.78 is 24.4. The molecule has 0 aliphatic rings. The van der Waals surface area contributed by atoms with Crippen molar-refractivity contribution in [1.29, 1.82) is 0 Å². The van der Waals surface area contributed by atoms with Crippen molar-refractivity contribution in [3.63, 3.8) is 0 Å². The molecule has 1 amide bonds. The van der Waals surface area contributed by atoms with Crippen LogP contribution in [0.1, 0.15) is 16.3 Å². The molecular weight excluding hydrogens is 388 g/mol. The molecule has 26 heavy (non-hydrogen) atoms. The quantitative estimate of drug-likeness (QED) is 0.650. The van der Waals surface area contributed by atoms with Crippen LogP contribution in [-0.4, -0.2) is 25.1 Å². The fourth-order valence-corrected chi connectivity index (χ4v) is 5.19. The number of sulfone groups is 1. The standard InChI is InChI=1S/C18H18N2O3S3/c1-13-20-16(12-24-13)17-8-7-14(25-17)11-19-18(21)9-10-26(22,23)15-5-3-2-4-6-15/h2-8,12H,9-11H2,1H3,(H,19,21). The van der Waals surface area contributed by atoms with Crippen LogP contribution >= 0.6 is 22.7 Å². The van der Waals surface area contributed by atoms with Crippen molar-refractivity contribution in [1.82, 2.24) is 10.3 Å². The number of nitrogens with zero attached hydrogens (tertiary/aromatic N) is 1. The number of carbonyl (C=O) groups is 1. The van der Waals surface area contributed by atoms with Crippen LogP contribution < -0.4 is 5.32 Å². The van der Waals surface area contributed by atoms with Crippen LogP contribution in [-0.2, 0) is 21.2 Å². The summed E-state index contributed by atoms with van der Waals surface area (Å²) in [7, 11) is -3.43. The van der Waals surface area contributed by atoms with E-state index in [4.69, 9.17) is 0 Å². The third-order valence-corrected chi connectivity index (χ3v) is 7.31. The van der Waals surface area contributed by atoms with Crippen molar-refractivity contribution in [2.24, 2.45) is 0 Å². The van der Waals surface area contributed by atoms with Crippen LogP contribution in [0, 0.1) is 6.92 Å². The van der Waals surface area contributed by atoms with Gasteiger partial charge < -0.3 is 5.32 Å². The Balaban J connectivity index is 1.51. The Labute approximate surface area is 160 Å². The Morgan fingerprint density at radius 2 is 1.92 bits per heavy atom. The lowest BCUT2D eigenvalue weighted by Crippen LogP contribution is -2.24. The predicted molar refractivity (Wildman–Crippen MR) is 105 cm³/mol. The summed E-state index contributed by atoms with van der Waals surface area (Å²) in [6, 6.07) is 12.1. The Hall–Kier alpha value is -2.03. The molecule has 3 aromatic rings. The van der Waals surface area contributed by atoms with E-state index >= 15 is 0 Å². The number of aromatic nitrogens is 1. The van der Waals surface area contributed by atoms with E-state index < -0.39 is 9.84 Å². The number of aryl methyl sites for hydroxylation is 1. The van der Waals surface area contributed by atoms with Crippen molar-refractivity contribution in [3.8, 4) is 10.6 Å². The molecule has 3 rings (SSSR count). The molecule has 5 nitrogen and oxygen atoms in total. The molecular formula is C18H18N2O3S3. The first-order chi connectivity index (χ1) is 12.4. The van der Waals surface area contributed by atoms with E-state index in [9.17, 15) is 13.2 Å². The van der Waals surface area contributed by atoms with E-state index in [0.29, 0.717) is 6.54 Å². The van der Waals surface area contributed by atoms with Crippen molar-refractivity contribution in [2.75, 3.05) is 5.75 Å². The molecule has 2 aromatic heterocycles. The molecule has 0 aliphatic carbocycles. The topological polar surface area (TPSA) is 76.1 Å². The Bertz CT molecular complexity index is 992. The van der Waals surface area contributed by atoms with Crippen LogP contribution in [0.4, 0.5) is 0 Å². The Kier molecular flexibility index (Phi) is 5.85. The highest BCUT2D eigenvalue weighted by molar-refractivity contribution is 7.91. The van der Waals surface area contributed by atoms with Crippen LogP contribution in [0.3, 0.4) is 0 Å². The van der Waals surface area contributed by atoms with Crippen LogP contribution in [0.25, 0.3) is 10.6 Å². The summed E-state index contributed by atoms with van der Waals surface area (Å²) in [5.74, 6) is -0.472. The minimum absolute atomic E-state index is 0.0548. The number of rotatable bonds is 7. The van der Waals surface area contributed by atoms with Gasteiger partial charge in [0.1, 0.15) is 0 Å². The number of nitrogens with one attached hydrogen (secondary N) is 1. The fraction of sp³-hybridized carbons (Fsp3) is 0.222. The first-order valence-corrected chi connectivity index (χ1v) is 11.3. The summed E-state index contributed by atoms with van der Waals surface area (Å²) in [6.45, 7) is 2.35. The van der Waals surface area contributed by atoms with Gasteiger partial charge in [-0.2, -0.15) is 0 Å². The van der Waals surface area contributed by atoms with Gasteiger partial charge in [0.15, 0.2) is 9.84 Å². The molecule has 0 unspecified atom stereocenters. The first kappa shape index (κ1) is 18.8. The number of thiazole rings is 1. The van der Waals surface area contributed by atoms with Crippen molar-refractivity contribution in [2.45, 2.75) is 24.8 Å². The maximum Gasteiger partial charge on any atom is 0.221 e. The van der Waals surface area contributed by atoms with Gasteiger partial charge in [-0.05, 0) is 31.2 Å². The molecule has 0 saturated heterocycles. The maximum absolute atomic E-state index is 12.2. The van der Waals surface area contributed by atoms with Gasteiger partial charge in [0, 0.05) is 16.7 Å². The summed E-state index contributed by atoms with van der Waals surface area (Å²) in [4.78, 5) is 18.8. The highest BCUT2D eigenvalue weighted by atomic mass is 32.2. The molecule has 1 aromatic carbocycles. The van der Waals surface area contributed by atoms with Gasteiger partial charge in [-0.3, -0.25) is 4.79 Å². The number of hydrogen-bond donors (Lipinski definition) is 1. The van der Waals surface area contributed by atoms with Crippen molar-refractivity contribution >= 4 is 38.4 Å². The molecule has 0 fully saturated rings. The van der Waals surface area contributed by atoms with E-state index in [2.05, 4.69) is 10.3 Å². The van der Waals surface area contributed by atoms with Gasteiger partial charge in [0.2, 0.25) is 5.91 Å². The minimum Gasteiger partial charge on any atom is -0.351 e. The number of benzene rings is 1. The number of thiophene rings is 1. The average Bonchev–Trinajstić information content (AvgIpc) is 3.28. The minimum atomic E-state index is -3.43. The second-order valence-electron chi connectivity index (χ2n) is 5.68. The van der Waals surface area contributed by atoms with E-state index in [0.717, 1.165) is 20.5 Å². The molecule has 0 bridgehead atoms. The molecule has 0 saturated carbocycles. The predicted octanol–water partition coefficient (Wildman–Crippen LogP) is 3.66. The third-order valence-electron chi connectivity index (χ3n) is 3.69. The highest BCUT2D eigenvalue weighted by Crippen LogP contribution is 2.28. The summed E-state index contributed by atoms with van der Waals surface area (Å²) in [6.07, 6.45) is -0.0548. The lowest BCUT2D eigenvalue weighted by atomic mass is 10.3. The molecule has 0 radical (unpaired) electrons. The van der Waals surface area contributed by atoms with E-state index in [1.807, 2.05) is 24.4 Å². The molecule has 8 heteroatoms. The van der Waals surface area contributed by atoms with Gasteiger partial charge in [0.25, 0.3) is 0 Å². The van der Waals surface area contributed by atoms with Gasteiger partial charge in [-0.25, -0.2) is 13.4 Å². The van der Waals surface area contributed by atoms with Gasteiger partial charge in [-0.1, -0.05) is 18.2 Å². The Morgan fingerprint density at radius 1 is 1.15 bits per heavy atom. The molecule has 0 atom stereocenters. The van der Waals surface area contributed by atoms with Gasteiger partial charge in [0.05, 0.1) is 32.8 Å². The average molecular weight is 407 g/mol. The first-order valence-electron chi connectivity index (χ1n) is 8.00. The summed E-state index contributed by atoms with van der Waals surface area (Å²) in [5, 5.41) is 5.81. The number of carbonyl (C=O) groups excluding carboxylic acids is 1. The summed E-state index contributed by atoms with van der Waals surface area (Å²) in [5.41, 5.74) is 0.948. The monoisotopic (exact) mass is 406 g/mol. The smallest absolute Gasteiger partial charge is 0.221 e. The van der Waals surface area contributed by atoms with Crippen LogP contribution in [0.15, 0.2) is 52.7 Å². The Morgan fingerprint density at radius 3 is 2.62 bits per heavy atom. The fourth-order valence-electron chi connectivity index (χ4n) is 2.33. The van der Waals surface area contributed by atoms with Gasteiger partial charge >= 0.3 is 0 Å². The second-order valence-corrected chi connectivity index (χ2v) is 10.0. The third kappa shape index (κ3) is 4.78. The second kappa shape index (κ2) is 8.11. The van der Waals surface area contributed by atoms with Gasteiger partial charge in [-0.15, -0.1) is 22.7 Å². The lowest BCUT2D eigenvalue weighted by Gasteiger charge is -2.05. The molecule has 0 spiro atoms. The maximum atomic E-state index is 12.2. The highest BCUT2D eigenvalue weighted by Gasteiger charge is 2.16. The zero-order valence-corrected chi connectivity index (χ0v) is 16.6. The number of hydrogen-bond acceptors (Lipinski definition) is 6. The van der Waals surface area contributed by atoms with Crippen LogP contribution in [0.2, 0.25) is 0 Å². The normalized spacial score (nSPS) is 11.4. The molecule has 136 valence electrons. The van der Waals surface area contributed by atoms with E-state index in [1.54, 1.807) is 53.0 Å². The largest absolute Gasteiger partial charge is 0.351 e. The summed E-state index contributed by atoms with van der Waals surface area (Å²) >= 11 is 3.18. The molecule has 1 N–H and O–H groups in total. The zero-order chi connectivity index (χ0) is 18.6. The lowest BCUT2D eigenvalue weighted by molar-refractivity contribution is -0.120. The van der Waals surface area contributed by atoms with Crippen molar-refractivity contribution < 1.29 is 13.2 Å². The van der Waals surface area contributed by atoms with Crippen LogP contribution in [0.5, 0.6) is 0 Å². The van der Waals surface area contributed by atoms with E-state index in [-0.39, 0.29) is 23.0 Å². The number of amides is 1. The SMILES string of the molecule is Cc1nc(-c2ccc(CNC(=O)CCS(=O)(=O)c3ccccc3)s2)cs1. The molecule has 0 aliphatic heterocycles. The van der Waals surface area contributed by atoms with Crippen molar-refractivity contribution in [3.05, 3.63) is 57.7 Å². The molecule has 2 heterocycles. The van der Waals surface area contributed by atoms with E-state index in [1.165, 1.54) is 0 Å². The zero-order valence-electron chi connectivity index (χ0n) is 14.1.